The van der Waals surface area contributed by atoms with Crippen molar-refractivity contribution in [2.24, 2.45) is 5.73 Å². The highest BCUT2D eigenvalue weighted by molar-refractivity contribution is 5.79. The normalized spacial score (nSPS) is 14.9. The molecule has 1 atom stereocenters. The number of benzene rings is 1. The van der Waals surface area contributed by atoms with Gasteiger partial charge in [-0.2, -0.15) is 0 Å². The molecule has 0 bridgehead atoms. The summed E-state index contributed by atoms with van der Waals surface area (Å²) in [5.41, 5.74) is 4.89. The van der Waals surface area contributed by atoms with Gasteiger partial charge in [0.15, 0.2) is 0 Å². The summed E-state index contributed by atoms with van der Waals surface area (Å²) in [4.78, 5) is 10.8. The Morgan fingerprint density at radius 2 is 2.14 bits per heavy atom. The number of carboxylic acids is 1. The Labute approximate surface area is 81.4 Å². The molecule has 0 aliphatic heterocycles. The zero-order chi connectivity index (χ0) is 10.9. The van der Waals surface area contributed by atoms with Crippen LogP contribution in [0.2, 0.25) is 0 Å². The van der Waals surface area contributed by atoms with Gasteiger partial charge < -0.3 is 10.8 Å². The molecule has 1 aromatic carbocycles. The van der Waals surface area contributed by atoms with Gasteiger partial charge in [-0.3, -0.25) is 0 Å². The Hall–Kier alpha value is -1.42. The average Bonchev–Trinajstić information content (AvgIpc) is 2.09. The standard InChI is InChI=1S/C10H12FNO2/c1-6-5-7(3-4-8(6)11)10(2,12)9(13)14/h3-5H,12H2,1-2H3,(H,13,14). The summed E-state index contributed by atoms with van der Waals surface area (Å²) in [6.07, 6.45) is 0. The van der Waals surface area contributed by atoms with Gasteiger partial charge in [0.25, 0.3) is 0 Å². The van der Waals surface area contributed by atoms with Gasteiger partial charge in [0.1, 0.15) is 11.4 Å². The van der Waals surface area contributed by atoms with Gasteiger partial charge in [-0.15, -0.1) is 0 Å². The maximum absolute atomic E-state index is 12.9. The van der Waals surface area contributed by atoms with Gasteiger partial charge in [0.2, 0.25) is 0 Å². The third-order valence-electron chi connectivity index (χ3n) is 2.20. The van der Waals surface area contributed by atoms with Crippen LogP contribution in [0.25, 0.3) is 0 Å². The number of aryl methyl sites for hydroxylation is 1. The zero-order valence-corrected chi connectivity index (χ0v) is 8.04. The fourth-order valence-electron chi connectivity index (χ4n) is 1.09. The van der Waals surface area contributed by atoms with E-state index < -0.39 is 11.5 Å². The van der Waals surface area contributed by atoms with Crippen LogP contribution in [0.5, 0.6) is 0 Å². The summed E-state index contributed by atoms with van der Waals surface area (Å²) in [6, 6.07) is 4.05. The second-order valence-electron chi connectivity index (χ2n) is 3.47. The molecule has 0 aliphatic rings. The number of carboxylic acid groups (broad SMARTS) is 1. The summed E-state index contributed by atoms with van der Waals surface area (Å²) >= 11 is 0. The van der Waals surface area contributed by atoms with E-state index in [4.69, 9.17) is 10.8 Å². The third-order valence-corrected chi connectivity index (χ3v) is 2.20. The molecule has 1 rings (SSSR count). The van der Waals surface area contributed by atoms with Crippen LogP contribution in [0.1, 0.15) is 18.1 Å². The highest BCUT2D eigenvalue weighted by atomic mass is 19.1. The van der Waals surface area contributed by atoms with Crippen molar-refractivity contribution in [2.45, 2.75) is 19.4 Å². The van der Waals surface area contributed by atoms with Gasteiger partial charge in [-0.25, -0.2) is 9.18 Å². The van der Waals surface area contributed by atoms with E-state index >= 15 is 0 Å². The minimum atomic E-state index is -1.47. The molecule has 0 saturated heterocycles. The molecule has 0 saturated carbocycles. The zero-order valence-electron chi connectivity index (χ0n) is 8.04. The fraction of sp³-hybridized carbons (Fsp3) is 0.300. The van der Waals surface area contributed by atoms with Crippen LogP contribution < -0.4 is 5.73 Å². The van der Waals surface area contributed by atoms with Gasteiger partial charge in [-0.1, -0.05) is 12.1 Å². The first kappa shape index (κ1) is 10.7. The van der Waals surface area contributed by atoms with Crippen molar-refractivity contribution in [3.05, 3.63) is 35.1 Å². The minimum Gasteiger partial charge on any atom is -0.480 e. The van der Waals surface area contributed by atoms with Crippen molar-refractivity contribution in [1.29, 1.82) is 0 Å². The van der Waals surface area contributed by atoms with E-state index in [1.807, 2.05) is 0 Å². The summed E-state index contributed by atoms with van der Waals surface area (Å²) in [5.74, 6) is -1.50. The second-order valence-corrected chi connectivity index (χ2v) is 3.47. The van der Waals surface area contributed by atoms with E-state index in [0.29, 0.717) is 11.1 Å². The number of rotatable bonds is 2. The molecule has 4 heteroatoms. The molecule has 1 unspecified atom stereocenters. The molecular formula is C10H12FNO2. The Morgan fingerprint density at radius 1 is 1.57 bits per heavy atom. The second kappa shape index (κ2) is 3.38. The van der Waals surface area contributed by atoms with E-state index in [1.54, 1.807) is 6.92 Å². The van der Waals surface area contributed by atoms with E-state index in [0.717, 1.165) is 0 Å². The molecule has 1 aromatic rings. The third kappa shape index (κ3) is 1.75. The van der Waals surface area contributed by atoms with E-state index in [-0.39, 0.29) is 5.82 Å². The molecule has 3 N–H and O–H groups in total. The lowest BCUT2D eigenvalue weighted by Gasteiger charge is -2.20. The molecule has 0 aliphatic carbocycles. The maximum atomic E-state index is 12.9. The van der Waals surface area contributed by atoms with Crippen LogP contribution in [0.3, 0.4) is 0 Å². The average molecular weight is 197 g/mol. The monoisotopic (exact) mass is 197 g/mol. The topological polar surface area (TPSA) is 63.3 Å². The van der Waals surface area contributed by atoms with Crippen LogP contribution in [-0.2, 0) is 10.3 Å². The Kier molecular flexibility index (Phi) is 2.57. The Morgan fingerprint density at radius 3 is 2.57 bits per heavy atom. The Bertz CT molecular complexity index is 374. The van der Waals surface area contributed by atoms with Crippen LogP contribution in [0.15, 0.2) is 18.2 Å². The summed E-state index contributed by atoms with van der Waals surface area (Å²) in [7, 11) is 0. The predicted molar refractivity (Wildman–Crippen MR) is 50.3 cm³/mol. The van der Waals surface area contributed by atoms with Gasteiger partial charge in [-0.05, 0) is 31.0 Å². The van der Waals surface area contributed by atoms with Crippen molar-refractivity contribution in [1.82, 2.24) is 0 Å². The lowest BCUT2D eigenvalue weighted by atomic mass is 9.92. The lowest BCUT2D eigenvalue weighted by molar-refractivity contribution is -0.143. The molecule has 76 valence electrons. The molecule has 0 fully saturated rings. The summed E-state index contributed by atoms with van der Waals surface area (Å²) in [5, 5.41) is 8.84. The number of halogens is 1. The molecule has 0 spiro atoms. The minimum absolute atomic E-state index is 0.366. The summed E-state index contributed by atoms with van der Waals surface area (Å²) in [6.45, 7) is 2.94. The molecule has 3 nitrogen and oxygen atoms in total. The highest BCUT2D eigenvalue weighted by Gasteiger charge is 2.30. The highest BCUT2D eigenvalue weighted by Crippen LogP contribution is 2.20. The van der Waals surface area contributed by atoms with Crippen LogP contribution in [0, 0.1) is 12.7 Å². The van der Waals surface area contributed by atoms with Crippen LogP contribution >= 0.6 is 0 Å². The van der Waals surface area contributed by atoms with Crippen LogP contribution in [0.4, 0.5) is 4.39 Å². The lowest BCUT2D eigenvalue weighted by Crippen LogP contribution is -2.41. The van der Waals surface area contributed by atoms with Crippen molar-refractivity contribution >= 4 is 5.97 Å². The fourth-order valence-corrected chi connectivity index (χ4v) is 1.09. The first-order valence-electron chi connectivity index (χ1n) is 4.14. The van der Waals surface area contributed by atoms with Crippen molar-refractivity contribution in [2.75, 3.05) is 0 Å². The first-order valence-corrected chi connectivity index (χ1v) is 4.14. The van der Waals surface area contributed by atoms with Gasteiger partial charge in [0.05, 0.1) is 0 Å². The van der Waals surface area contributed by atoms with E-state index in [2.05, 4.69) is 0 Å². The molecule has 0 radical (unpaired) electrons. The number of nitrogens with two attached hydrogens (primary N) is 1. The first-order chi connectivity index (χ1) is 6.35. The molecular weight excluding hydrogens is 185 g/mol. The van der Waals surface area contributed by atoms with Crippen molar-refractivity contribution < 1.29 is 14.3 Å². The van der Waals surface area contributed by atoms with Crippen molar-refractivity contribution in [3.63, 3.8) is 0 Å². The van der Waals surface area contributed by atoms with Crippen molar-refractivity contribution in [3.8, 4) is 0 Å². The summed E-state index contributed by atoms with van der Waals surface area (Å²) < 4.78 is 12.9. The SMILES string of the molecule is Cc1cc(C(C)(N)C(=O)O)ccc1F. The van der Waals surface area contributed by atoms with Gasteiger partial charge >= 0.3 is 5.97 Å². The number of hydrogen-bond acceptors (Lipinski definition) is 2. The predicted octanol–water partition coefficient (Wildman–Crippen LogP) is 1.39. The Balaban J connectivity index is 3.21. The number of aliphatic carboxylic acids is 1. The maximum Gasteiger partial charge on any atom is 0.328 e. The quantitative estimate of drug-likeness (QED) is 0.753. The number of carbonyl (C=O) groups is 1. The smallest absolute Gasteiger partial charge is 0.328 e. The molecule has 0 aromatic heterocycles. The molecule has 0 amide bonds. The van der Waals surface area contributed by atoms with Gasteiger partial charge in [0, 0.05) is 0 Å². The molecule has 14 heavy (non-hydrogen) atoms. The largest absolute Gasteiger partial charge is 0.480 e. The molecule has 0 heterocycles. The number of hydrogen-bond donors (Lipinski definition) is 2. The van der Waals surface area contributed by atoms with Crippen LogP contribution in [-0.4, -0.2) is 11.1 Å². The van der Waals surface area contributed by atoms with E-state index in [9.17, 15) is 9.18 Å². The van der Waals surface area contributed by atoms with E-state index in [1.165, 1.54) is 25.1 Å².